The fourth-order valence-corrected chi connectivity index (χ4v) is 3.14. The first-order valence-electron chi connectivity index (χ1n) is 8.78. The minimum atomic E-state index is -0.159. The smallest absolute Gasteiger partial charge is 0.272 e. The number of aromatic amines is 1. The number of amides is 1. The first-order chi connectivity index (χ1) is 12.8. The Morgan fingerprint density at radius 2 is 2.12 bits per heavy atom. The maximum absolute atomic E-state index is 12.6. The minimum Gasteiger partial charge on any atom is -0.379 e. The molecule has 7 nitrogen and oxygen atoms in total. The summed E-state index contributed by atoms with van der Waals surface area (Å²) in [5.74, 6) is -0.159. The van der Waals surface area contributed by atoms with Crippen LogP contribution < -0.4 is 5.32 Å². The van der Waals surface area contributed by atoms with Crippen molar-refractivity contribution in [2.45, 2.75) is 0 Å². The van der Waals surface area contributed by atoms with Gasteiger partial charge in [0.2, 0.25) is 0 Å². The first kappa shape index (κ1) is 16.7. The number of carbonyl (C=O) groups is 1. The second-order valence-corrected chi connectivity index (χ2v) is 6.28. The third-order valence-electron chi connectivity index (χ3n) is 4.59. The van der Waals surface area contributed by atoms with Crippen molar-refractivity contribution >= 4 is 16.8 Å². The van der Waals surface area contributed by atoms with E-state index in [1.807, 2.05) is 36.5 Å². The van der Waals surface area contributed by atoms with Gasteiger partial charge in [0.05, 0.1) is 18.7 Å². The molecule has 1 amide bonds. The number of aromatic nitrogens is 3. The molecule has 0 spiro atoms. The molecule has 0 unspecified atom stereocenters. The van der Waals surface area contributed by atoms with Crippen molar-refractivity contribution < 1.29 is 9.53 Å². The molecule has 134 valence electrons. The van der Waals surface area contributed by atoms with Gasteiger partial charge >= 0.3 is 0 Å². The number of hydrogen-bond donors (Lipinski definition) is 2. The molecule has 0 atom stereocenters. The molecule has 7 heteroatoms. The summed E-state index contributed by atoms with van der Waals surface area (Å²) in [6, 6.07) is 9.81. The Labute approximate surface area is 151 Å². The van der Waals surface area contributed by atoms with Crippen molar-refractivity contribution in [3.8, 4) is 11.1 Å². The number of nitrogens with one attached hydrogen (secondary N) is 2. The number of hydrogen-bond acceptors (Lipinski definition) is 5. The van der Waals surface area contributed by atoms with Crippen LogP contribution >= 0.6 is 0 Å². The van der Waals surface area contributed by atoms with E-state index < -0.39 is 0 Å². The number of morpholine rings is 1. The lowest BCUT2D eigenvalue weighted by atomic mass is 10.0. The summed E-state index contributed by atoms with van der Waals surface area (Å²) in [7, 11) is 0. The Hall–Kier alpha value is -2.77. The molecule has 0 aliphatic carbocycles. The molecule has 1 aliphatic heterocycles. The number of ether oxygens (including phenoxy) is 1. The molecule has 2 N–H and O–H groups in total. The van der Waals surface area contributed by atoms with Crippen LogP contribution in [0.5, 0.6) is 0 Å². The summed E-state index contributed by atoms with van der Waals surface area (Å²) >= 11 is 0. The quantitative estimate of drug-likeness (QED) is 0.731. The number of rotatable bonds is 5. The second kappa shape index (κ2) is 7.63. The zero-order valence-corrected chi connectivity index (χ0v) is 14.4. The molecular formula is C19H21N5O2. The Bertz CT molecular complexity index is 887. The fourth-order valence-electron chi connectivity index (χ4n) is 3.14. The van der Waals surface area contributed by atoms with E-state index in [1.54, 1.807) is 6.20 Å². The molecule has 1 fully saturated rings. The molecular weight excluding hydrogens is 330 g/mol. The number of pyridine rings is 1. The number of H-pyrrole nitrogens is 1. The standard InChI is InChI=1S/C19H21N5O2/c25-19(21-6-7-24-8-10-26-11-9-24)18-16-12-14(3-4-17(16)22-23-18)15-2-1-5-20-13-15/h1-5,12-13H,6-11H2,(H,21,25)(H,22,23). The largest absolute Gasteiger partial charge is 0.379 e. The highest BCUT2D eigenvalue weighted by Crippen LogP contribution is 2.24. The Morgan fingerprint density at radius 3 is 2.92 bits per heavy atom. The van der Waals surface area contributed by atoms with E-state index in [0.29, 0.717) is 12.2 Å². The molecule has 2 aromatic heterocycles. The average Bonchev–Trinajstić information content (AvgIpc) is 3.13. The van der Waals surface area contributed by atoms with Crippen LogP contribution in [0.2, 0.25) is 0 Å². The number of fused-ring (bicyclic) bond motifs is 1. The van der Waals surface area contributed by atoms with Crippen molar-refractivity contribution in [3.05, 3.63) is 48.4 Å². The lowest BCUT2D eigenvalue weighted by molar-refractivity contribution is 0.0383. The zero-order valence-electron chi connectivity index (χ0n) is 14.4. The molecule has 4 rings (SSSR count). The molecule has 0 radical (unpaired) electrons. The molecule has 3 heterocycles. The van der Waals surface area contributed by atoms with Gasteiger partial charge < -0.3 is 10.1 Å². The lowest BCUT2D eigenvalue weighted by Gasteiger charge is -2.26. The van der Waals surface area contributed by atoms with Crippen molar-refractivity contribution in [1.82, 2.24) is 25.4 Å². The molecule has 0 bridgehead atoms. The molecule has 3 aromatic rings. The Balaban J connectivity index is 1.47. The van der Waals surface area contributed by atoms with Crippen molar-refractivity contribution in [2.24, 2.45) is 0 Å². The maximum atomic E-state index is 12.6. The molecule has 26 heavy (non-hydrogen) atoms. The summed E-state index contributed by atoms with van der Waals surface area (Å²) in [5.41, 5.74) is 3.28. The van der Waals surface area contributed by atoms with Crippen molar-refractivity contribution in [2.75, 3.05) is 39.4 Å². The van der Waals surface area contributed by atoms with Gasteiger partial charge in [-0.3, -0.25) is 19.8 Å². The molecule has 1 aliphatic rings. The van der Waals surface area contributed by atoms with Crippen LogP contribution in [0, 0.1) is 0 Å². The van der Waals surface area contributed by atoms with Gasteiger partial charge in [0.25, 0.3) is 5.91 Å². The van der Waals surface area contributed by atoms with Crippen LogP contribution in [-0.4, -0.2) is 65.4 Å². The highest BCUT2D eigenvalue weighted by Gasteiger charge is 2.16. The fraction of sp³-hybridized carbons (Fsp3) is 0.316. The number of nitrogens with zero attached hydrogens (tertiary/aromatic N) is 3. The van der Waals surface area contributed by atoms with Gasteiger partial charge in [-0.15, -0.1) is 0 Å². The van der Waals surface area contributed by atoms with E-state index in [9.17, 15) is 4.79 Å². The third-order valence-corrected chi connectivity index (χ3v) is 4.59. The van der Waals surface area contributed by atoms with Crippen LogP contribution in [0.1, 0.15) is 10.5 Å². The SMILES string of the molecule is O=C(NCCN1CCOCC1)c1n[nH]c2ccc(-c3cccnc3)cc12. The lowest BCUT2D eigenvalue weighted by Crippen LogP contribution is -2.41. The van der Waals surface area contributed by atoms with Gasteiger partial charge in [0.15, 0.2) is 5.69 Å². The summed E-state index contributed by atoms with van der Waals surface area (Å²) in [4.78, 5) is 19.0. The molecule has 1 saturated heterocycles. The van der Waals surface area contributed by atoms with Crippen LogP contribution in [-0.2, 0) is 4.74 Å². The number of carbonyl (C=O) groups excluding carboxylic acids is 1. The molecule has 0 saturated carbocycles. The highest BCUT2D eigenvalue weighted by molar-refractivity contribution is 6.05. The van der Waals surface area contributed by atoms with E-state index in [4.69, 9.17) is 4.74 Å². The second-order valence-electron chi connectivity index (χ2n) is 6.28. The number of benzene rings is 1. The van der Waals surface area contributed by atoms with Crippen molar-refractivity contribution in [1.29, 1.82) is 0 Å². The average molecular weight is 351 g/mol. The summed E-state index contributed by atoms with van der Waals surface area (Å²) in [6.07, 6.45) is 3.55. The van der Waals surface area contributed by atoms with Crippen LogP contribution in [0.3, 0.4) is 0 Å². The summed E-state index contributed by atoms with van der Waals surface area (Å²) in [6.45, 7) is 4.75. The van der Waals surface area contributed by atoms with Crippen LogP contribution in [0.15, 0.2) is 42.7 Å². The zero-order chi connectivity index (χ0) is 17.8. The van der Waals surface area contributed by atoms with E-state index in [1.165, 1.54) is 0 Å². The summed E-state index contributed by atoms with van der Waals surface area (Å²) < 4.78 is 5.33. The normalized spacial score (nSPS) is 15.2. The topological polar surface area (TPSA) is 83.1 Å². The van der Waals surface area contributed by atoms with Gasteiger partial charge in [-0.05, 0) is 23.8 Å². The van der Waals surface area contributed by atoms with Gasteiger partial charge in [-0.1, -0.05) is 12.1 Å². The van der Waals surface area contributed by atoms with Crippen molar-refractivity contribution in [3.63, 3.8) is 0 Å². The summed E-state index contributed by atoms with van der Waals surface area (Å²) in [5, 5.41) is 10.9. The predicted molar refractivity (Wildman–Crippen MR) is 98.9 cm³/mol. The van der Waals surface area contributed by atoms with E-state index >= 15 is 0 Å². The van der Waals surface area contributed by atoms with E-state index in [0.717, 1.165) is 54.9 Å². The first-order valence-corrected chi connectivity index (χ1v) is 8.78. The Morgan fingerprint density at radius 1 is 1.23 bits per heavy atom. The van der Waals surface area contributed by atoms with E-state index in [2.05, 4.69) is 25.4 Å². The predicted octanol–water partition coefficient (Wildman–Crippen LogP) is 1.69. The highest BCUT2D eigenvalue weighted by atomic mass is 16.5. The van der Waals surface area contributed by atoms with Gasteiger partial charge in [-0.2, -0.15) is 5.10 Å². The Kier molecular flexibility index (Phi) is 4.90. The van der Waals surface area contributed by atoms with Gasteiger partial charge in [0, 0.05) is 49.5 Å². The van der Waals surface area contributed by atoms with Gasteiger partial charge in [0.1, 0.15) is 0 Å². The third kappa shape index (κ3) is 3.58. The monoisotopic (exact) mass is 351 g/mol. The maximum Gasteiger partial charge on any atom is 0.272 e. The van der Waals surface area contributed by atoms with E-state index in [-0.39, 0.29) is 5.91 Å². The van der Waals surface area contributed by atoms with Crippen LogP contribution in [0.25, 0.3) is 22.0 Å². The molecule has 1 aromatic carbocycles. The van der Waals surface area contributed by atoms with Gasteiger partial charge in [-0.25, -0.2) is 0 Å². The van der Waals surface area contributed by atoms with Crippen LogP contribution in [0.4, 0.5) is 0 Å². The minimum absolute atomic E-state index is 0.159.